The molecule has 0 spiro atoms. The molecule has 3 N–H and O–H groups in total. The highest BCUT2D eigenvalue weighted by Crippen LogP contribution is 1.96. The van der Waals surface area contributed by atoms with E-state index in [0.29, 0.717) is 39.2 Å². The van der Waals surface area contributed by atoms with Gasteiger partial charge in [-0.05, 0) is 19.3 Å². The zero-order valence-electron chi connectivity index (χ0n) is 12.3. The molecular formula is C13H26N2O5. The summed E-state index contributed by atoms with van der Waals surface area (Å²) in [7, 11) is 1.62. The van der Waals surface area contributed by atoms with Crippen LogP contribution in [0.2, 0.25) is 0 Å². The van der Waals surface area contributed by atoms with Crippen molar-refractivity contribution in [2.45, 2.75) is 38.6 Å². The molecule has 0 heterocycles. The van der Waals surface area contributed by atoms with Gasteiger partial charge in [0.25, 0.3) is 0 Å². The lowest BCUT2D eigenvalue weighted by Crippen LogP contribution is -2.46. The van der Waals surface area contributed by atoms with Gasteiger partial charge >= 0.3 is 12.0 Å². The Kier molecular flexibility index (Phi) is 11.8. The van der Waals surface area contributed by atoms with Gasteiger partial charge in [0.2, 0.25) is 0 Å². The van der Waals surface area contributed by atoms with Gasteiger partial charge in [-0.3, -0.25) is 0 Å². The molecule has 0 aromatic carbocycles. The van der Waals surface area contributed by atoms with E-state index in [1.807, 2.05) is 6.92 Å². The SMILES string of the molecule is CCC[C@@H](NC(=O)NCCCCOCCOC)C(=O)O. The molecule has 0 radical (unpaired) electrons. The molecule has 0 saturated heterocycles. The number of urea groups is 1. The van der Waals surface area contributed by atoms with Crippen molar-refractivity contribution < 1.29 is 24.2 Å². The number of rotatable bonds is 12. The number of ether oxygens (including phenoxy) is 2. The minimum absolute atomic E-state index is 0.427. The van der Waals surface area contributed by atoms with Crippen LogP contribution in [0.1, 0.15) is 32.6 Å². The van der Waals surface area contributed by atoms with Crippen molar-refractivity contribution in [3.05, 3.63) is 0 Å². The number of nitrogens with one attached hydrogen (secondary N) is 2. The first-order chi connectivity index (χ1) is 9.61. The number of carboxylic acid groups (broad SMARTS) is 1. The molecule has 0 aliphatic heterocycles. The van der Waals surface area contributed by atoms with E-state index in [1.165, 1.54) is 0 Å². The Bertz CT molecular complexity index is 273. The first kappa shape index (κ1) is 18.7. The summed E-state index contributed by atoms with van der Waals surface area (Å²) < 4.78 is 10.1. The third kappa shape index (κ3) is 10.6. The molecule has 7 heteroatoms. The van der Waals surface area contributed by atoms with Crippen LogP contribution >= 0.6 is 0 Å². The average Bonchev–Trinajstić information content (AvgIpc) is 2.41. The maximum Gasteiger partial charge on any atom is 0.326 e. The van der Waals surface area contributed by atoms with E-state index in [1.54, 1.807) is 7.11 Å². The molecule has 0 saturated carbocycles. The van der Waals surface area contributed by atoms with Crippen molar-refractivity contribution in [1.29, 1.82) is 0 Å². The van der Waals surface area contributed by atoms with Crippen LogP contribution in [0.15, 0.2) is 0 Å². The van der Waals surface area contributed by atoms with Crippen molar-refractivity contribution in [3.63, 3.8) is 0 Å². The number of carbonyl (C=O) groups excluding carboxylic acids is 1. The second-order valence-electron chi connectivity index (χ2n) is 4.39. The van der Waals surface area contributed by atoms with Gasteiger partial charge in [0, 0.05) is 20.3 Å². The second-order valence-corrected chi connectivity index (χ2v) is 4.39. The molecule has 0 fully saturated rings. The maximum absolute atomic E-state index is 11.5. The molecule has 1 atom stereocenters. The highest BCUT2D eigenvalue weighted by atomic mass is 16.5. The Balaban J connectivity index is 3.55. The van der Waals surface area contributed by atoms with Crippen LogP contribution in [0.4, 0.5) is 4.79 Å². The Morgan fingerprint density at radius 2 is 1.95 bits per heavy atom. The van der Waals surface area contributed by atoms with Crippen molar-refractivity contribution in [1.82, 2.24) is 10.6 Å². The quantitative estimate of drug-likeness (QED) is 0.466. The Morgan fingerprint density at radius 3 is 2.55 bits per heavy atom. The third-order valence-electron chi connectivity index (χ3n) is 2.61. The molecule has 0 bridgehead atoms. The molecule has 0 aromatic heterocycles. The van der Waals surface area contributed by atoms with E-state index in [4.69, 9.17) is 14.6 Å². The van der Waals surface area contributed by atoms with E-state index in [-0.39, 0.29) is 0 Å². The van der Waals surface area contributed by atoms with Gasteiger partial charge in [-0.15, -0.1) is 0 Å². The number of unbranched alkanes of at least 4 members (excludes halogenated alkanes) is 1. The Hall–Kier alpha value is -1.34. The van der Waals surface area contributed by atoms with Gasteiger partial charge in [-0.25, -0.2) is 9.59 Å². The average molecular weight is 290 g/mol. The summed E-state index contributed by atoms with van der Waals surface area (Å²) in [5, 5.41) is 14.0. The molecule has 2 amide bonds. The molecule has 0 rings (SSSR count). The summed E-state index contributed by atoms with van der Waals surface area (Å²) in [4.78, 5) is 22.3. The first-order valence-corrected chi connectivity index (χ1v) is 6.95. The number of methoxy groups -OCH3 is 1. The van der Waals surface area contributed by atoms with Crippen LogP contribution in [0.3, 0.4) is 0 Å². The van der Waals surface area contributed by atoms with Gasteiger partial charge in [0.1, 0.15) is 6.04 Å². The molecular weight excluding hydrogens is 264 g/mol. The zero-order chi connectivity index (χ0) is 15.2. The summed E-state index contributed by atoms with van der Waals surface area (Å²) in [5.41, 5.74) is 0. The lowest BCUT2D eigenvalue weighted by Gasteiger charge is -2.14. The van der Waals surface area contributed by atoms with Crippen molar-refractivity contribution in [2.24, 2.45) is 0 Å². The summed E-state index contributed by atoms with van der Waals surface area (Å²) >= 11 is 0. The number of amides is 2. The number of hydrogen-bond donors (Lipinski definition) is 3. The molecule has 20 heavy (non-hydrogen) atoms. The maximum atomic E-state index is 11.5. The fourth-order valence-electron chi connectivity index (χ4n) is 1.53. The molecule has 0 aliphatic rings. The predicted octanol–water partition coefficient (Wildman–Crippen LogP) is 0.982. The van der Waals surface area contributed by atoms with E-state index >= 15 is 0 Å². The normalized spacial score (nSPS) is 11.9. The topological polar surface area (TPSA) is 96.9 Å². The molecule has 0 unspecified atom stereocenters. The van der Waals surface area contributed by atoms with Gasteiger partial charge in [-0.1, -0.05) is 13.3 Å². The fourth-order valence-corrected chi connectivity index (χ4v) is 1.53. The van der Waals surface area contributed by atoms with Gasteiger partial charge in [-0.2, -0.15) is 0 Å². The summed E-state index contributed by atoms with van der Waals surface area (Å²) in [6.45, 7) is 4.15. The van der Waals surface area contributed by atoms with Crippen LogP contribution in [0.5, 0.6) is 0 Å². The van der Waals surface area contributed by atoms with Gasteiger partial charge in [0.15, 0.2) is 0 Å². The van der Waals surface area contributed by atoms with E-state index in [2.05, 4.69) is 10.6 Å². The minimum Gasteiger partial charge on any atom is -0.480 e. The van der Waals surface area contributed by atoms with Gasteiger partial charge < -0.3 is 25.2 Å². The van der Waals surface area contributed by atoms with Crippen LogP contribution in [0, 0.1) is 0 Å². The predicted molar refractivity (Wildman–Crippen MR) is 74.8 cm³/mol. The highest BCUT2D eigenvalue weighted by Gasteiger charge is 2.18. The molecule has 0 aliphatic carbocycles. The zero-order valence-corrected chi connectivity index (χ0v) is 12.3. The second kappa shape index (κ2) is 12.7. The van der Waals surface area contributed by atoms with Crippen LogP contribution < -0.4 is 10.6 Å². The van der Waals surface area contributed by atoms with Crippen LogP contribution in [0.25, 0.3) is 0 Å². The van der Waals surface area contributed by atoms with Gasteiger partial charge in [0.05, 0.1) is 13.2 Å². The highest BCUT2D eigenvalue weighted by molar-refractivity contribution is 5.82. The van der Waals surface area contributed by atoms with E-state index < -0.39 is 18.0 Å². The molecule has 0 aromatic rings. The van der Waals surface area contributed by atoms with E-state index in [9.17, 15) is 9.59 Å². The monoisotopic (exact) mass is 290 g/mol. The minimum atomic E-state index is -1.01. The van der Waals surface area contributed by atoms with Crippen LogP contribution in [-0.4, -0.2) is 56.6 Å². The van der Waals surface area contributed by atoms with Crippen molar-refractivity contribution in [2.75, 3.05) is 33.5 Å². The largest absolute Gasteiger partial charge is 0.480 e. The molecule has 7 nitrogen and oxygen atoms in total. The summed E-state index contributed by atoms with van der Waals surface area (Å²) in [6.07, 6.45) is 2.75. The number of carbonyl (C=O) groups is 2. The fraction of sp³-hybridized carbons (Fsp3) is 0.846. The number of aliphatic carboxylic acids is 1. The smallest absolute Gasteiger partial charge is 0.326 e. The van der Waals surface area contributed by atoms with Crippen molar-refractivity contribution in [3.8, 4) is 0 Å². The Morgan fingerprint density at radius 1 is 1.20 bits per heavy atom. The summed E-state index contributed by atoms with van der Waals surface area (Å²) in [6, 6.07) is -1.26. The third-order valence-corrected chi connectivity index (χ3v) is 2.61. The lowest BCUT2D eigenvalue weighted by atomic mass is 10.2. The molecule has 118 valence electrons. The summed E-state index contributed by atoms with van der Waals surface area (Å²) in [5.74, 6) is -1.01. The first-order valence-electron chi connectivity index (χ1n) is 6.95. The lowest BCUT2D eigenvalue weighted by molar-refractivity contribution is -0.139. The Labute approximate surface area is 120 Å². The number of carboxylic acids is 1. The standard InChI is InChI=1S/C13H26N2O5/c1-3-6-11(12(16)17)15-13(18)14-7-4-5-8-20-10-9-19-2/h11H,3-10H2,1-2H3,(H,16,17)(H2,14,15,18)/t11-/m1/s1. The van der Waals surface area contributed by atoms with E-state index in [0.717, 1.165) is 12.8 Å². The number of hydrogen-bond acceptors (Lipinski definition) is 4. The van der Waals surface area contributed by atoms with Crippen LogP contribution in [-0.2, 0) is 14.3 Å². The van der Waals surface area contributed by atoms with Crippen molar-refractivity contribution >= 4 is 12.0 Å².